The first kappa shape index (κ1) is 111. The van der Waals surface area contributed by atoms with Crippen molar-refractivity contribution in [2.45, 2.75) is 337 Å². The van der Waals surface area contributed by atoms with Gasteiger partial charge >= 0.3 is 29.8 Å². The molecule has 4 rings (SSSR count). The molecule has 38 nitrogen and oxygen atoms in total. The van der Waals surface area contributed by atoms with Crippen molar-refractivity contribution in [2.75, 3.05) is 139 Å². The van der Waals surface area contributed by atoms with Crippen molar-refractivity contribution >= 4 is 59.1 Å². The number of ether oxygens (including phenoxy) is 13. The lowest BCUT2D eigenvalue weighted by atomic mass is 9.83. The van der Waals surface area contributed by atoms with Crippen LogP contribution in [-0.4, -0.2) is 341 Å². The number of alkyl carbamates (subject to hydrolysis) is 1. The highest BCUT2D eigenvalue weighted by Crippen LogP contribution is 2.32. The Morgan fingerprint density at radius 2 is 0.792 bits per heavy atom. The summed E-state index contributed by atoms with van der Waals surface area (Å²) in [5.74, 6) is -4.76. The molecule has 15 unspecified atom stereocenters. The van der Waals surface area contributed by atoms with E-state index >= 15 is 0 Å². The van der Waals surface area contributed by atoms with Gasteiger partial charge in [0, 0.05) is 122 Å². The average molecular weight is 1800 g/mol. The predicted molar refractivity (Wildman–Crippen MR) is 451 cm³/mol. The summed E-state index contributed by atoms with van der Waals surface area (Å²) in [6.07, 6.45) is 3.87. The zero-order valence-electron chi connectivity index (χ0n) is 74.9. The van der Waals surface area contributed by atoms with Crippen LogP contribution in [0.2, 0.25) is 0 Å². The topological polar surface area (TPSA) is 536 Å². The quantitative estimate of drug-likeness (QED) is 0.0180. The van der Waals surface area contributed by atoms with E-state index in [0.29, 0.717) is 116 Å². The molecule has 6 amide bonds. The van der Waals surface area contributed by atoms with E-state index in [1.54, 1.807) is 39.9 Å². The SMILES string of the molecule is COC[C@H]1C[C@H](OC)CN1C(=O)CCCCC(=O)COCCOCCNC(=O)C(=O)NC(CCCOC(=O)CCCCCCCNC(=O)CCCOC1OC(CO)C(O)C(O)C1C)(CCCOC(=O)CCCCCCCNC(=O)CCCOC1OC(CO)C(O)C(O)C1C)CCCOC(=O)NCCCCCCCC(=O)CCCOC1OC(CO)C(O)C(O)C1C. The molecule has 0 aromatic rings. The molecular weight excluding hydrogens is 1640 g/mol. The Bertz CT molecular complexity index is 2780. The van der Waals surface area contributed by atoms with E-state index in [-0.39, 0.29) is 185 Å². The molecule has 0 radical (unpaired) electrons. The maximum atomic E-state index is 14.0. The summed E-state index contributed by atoms with van der Waals surface area (Å²) in [4.78, 5) is 132. The van der Waals surface area contributed by atoms with E-state index in [2.05, 4.69) is 26.6 Å². The zero-order valence-corrected chi connectivity index (χ0v) is 74.9. The van der Waals surface area contributed by atoms with E-state index in [9.17, 15) is 93.9 Å². The molecule has 17 atom stereocenters. The number of ketones is 2. The standard InChI is InChI=1S/C87H154N6O32/c1-60-75(104)78(107)67(55-94)123-83(60)119-44-23-31-64(97)29-15-9-6-14-22-42-91-86(112)122-49-28-39-87(37-26-47-117-73(102)35-16-10-7-12-20-40-88-70(99)32-24-45-120-84-61(2)76(105)79(108)68(56-95)124-84,38-27-48-118-74(103)36-17-11-8-13-21-41-89-71(100)33-25-46-121-85-62(3)77(106)80(109)69(57-96)125-85)92-82(111)81(110)90-43-50-115-51-52-116-59-65(98)30-18-19-34-72(101)93-54-66(114-5)53-63(93)58-113-4/h60-63,66-69,75-80,83-85,94-96,104-109H,6-59H2,1-5H3,(H,88,99)(H,89,100)(H,90,110)(H,91,112)(H,92,111)/t60?,61?,62?,63-,66+,67?,68?,69?,75?,76?,77?,78?,79?,80?,83?,84?,85?,87?/m1/s1. The summed E-state index contributed by atoms with van der Waals surface area (Å²) in [6, 6.07) is -0.0529. The number of hydrogen-bond donors (Lipinski definition) is 14. The average Bonchev–Trinajstić information content (AvgIpc) is 1.75. The molecule has 4 aliphatic heterocycles. The first-order valence-corrected chi connectivity index (χ1v) is 45.8. The van der Waals surface area contributed by atoms with Crippen LogP contribution in [0.4, 0.5) is 4.79 Å². The molecule has 0 aromatic carbocycles. The fourth-order valence-electron chi connectivity index (χ4n) is 15.4. The number of rotatable bonds is 71. The first-order chi connectivity index (χ1) is 60.2. The highest BCUT2D eigenvalue weighted by molar-refractivity contribution is 6.35. The molecule has 4 saturated heterocycles. The molecule has 0 spiro atoms. The number of amides is 6. The van der Waals surface area contributed by atoms with Crippen molar-refractivity contribution in [1.29, 1.82) is 0 Å². The number of nitrogens with zero attached hydrogens (tertiary/aromatic N) is 1. The Hall–Kier alpha value is -5.86. The summed E-state index contributed by atoms with van der Waals surface area (Å²) in [6.45, 7) is 6.08. The molecule has 38 heteroatoms. The van der Waals surface area contributed by atoms with Crippen molar-refractivity contribution in [1.82, 2.24) is 31.5 Å². The van der Waals surface area contributed by atoms with Crippen molar-refractivity contribution < 1.29 is 155 Å². The second-order valence-corrected chi connectivity index (χ2v) is 33.4. The van der Waals surface area contributed by atoms with Crippen molar-refractivity contribution in [2.24, 2.45) is 17.8 Å². The van der Waals surface area contributed by atoms with Crippen molar-refractivity contribution in [3.8, 4) is 0 Å². The minimum Gasteiger partial charge on any atom is -0.466 e. The maximum Gasteiger partial charge on any atom is 0.407 e. The fraction of sp³-hybridized carbons (Fsp3) is 0.885. The molecule has 0 aliphatic carbocycles. The lowest BCUT2D eigenvalue weighted by molar-refractivity contribution is -0.282. The van der Waals surface area contributed by atoms with Crippen LogP contribution in [0, 0.1) is 17.8 Å². The lowest BCUT2D eigenvalue weighted by Crippen LogP contribution is -2.55. The van der Waals surface area contributed by atoms with E-state index in [1.165, 1.54) is 0 Å². The van der Waals surface area contributed by atoms with Gasteiger partial charge in [0.1, 0.15) is 49.0 Å². The molecule has 0 saturated carbocycles. The Morgan fingerprint density at radius 3 is 1.26 bits per heavy atom. The lowest BCUT2D eigenvalue weighted by Gasteiger charge is -2.40. The summed E-state index contributed by atoms with van der Waals surface area (Å²) in [5.41, 5.74) is -1.19. The second-order valence-electron chi connectivity index (χ2n) is 33.4. The number of methoxy groups -OCH3 is 2. The van der Waals surface area contributed by atoms with Crippen LogP contribution in [0.1, 0.15) is 245 Å². The first-order valence-electron chi connectivity index (χ1n) is 45.8. The molecule has 724 valence electrons. The Morgan fingerprint density at radius 1 is 0.392 bits per heavy atom. The second kappa shape index (κ2) is 66.5. The van der Waals surface area contributed by atoms with Gasteiger partial charge in [-0.05, 0) is 116 Å². The number of hydrogen-bond acceptors (Lipinski definition) is 32. The number of nitrogens with one attached hydrogen (secondary N) is 5. The summed E-state index contributed by atoms with van der Waals surface area (Å²) < 4.78 is 72.8. The van der Waals surface area contributed by atoms with Crippen molar-refractivity contribution in [3.05, 3.63) is 0 Å². The molecule has 0 aromatic heterocycles. The van der Waals surface area contributed by atoms with E-state index in [0.717, 1.165) is 70.6 Å². The Labute approximate surface area is 737 Å². The molecule has 4 heterocycles. The van der Waals surface area contributed by atoms with E-state index in [4.69, 9.17) is 61.6 Å². The molecule has 14 N–H and O–H groups in total. The van der Waals surface area contributed by atoms with Gasteiger partial charge in [0.15, 0.2) is 24.7 Å². The van der Waals surface area contributed by atoms with Gasteiger partial charge in [-0.2, -0.15) is 0 Å². The molecule has 4 aliphatic rings. The Kier molecular flexibility index (Phi) is 59.3. The van der Waals surface area contributed by atoms with Crippen LogP contribution >= 0.6 is 0 Å². The monoisotopic (exact) mass is 1800 g/mol. The normalized spacial score (nSPS) is 24.8. The van der Waals surface area contributed by atoms with Crippen LogP contribution in [0.3, 0.4) is 0 Å². The van der Waals surface area contributed by atoms with Crippen LogP contribution in [0.25, 0.3) is 0 Å². The number of likely N-dealkylation sites (tertiary alicyclic amines) is 1. The smallest absolute Gasteiger partial charge is 0.407 e. The van der Waals surface area contributed by atoms with Gasteiger partial charge < -0.3 is 139 Å². The molecule has 125 heavy (non-hydrogen) atoms. The summed E-state index contributed by atoms with van der Waals surface area (Å²) >= 11 is 0. The minimum atomic E-state index is -1.24. The number of aliphatic hydroxyl groups excluding tert-OH is 9. The third-order valence-corrected chi connectivity index (χ3v) is 23.2. The van der Waals surface area contributed by atoms with E-state index in [1.807, 2.05) is 0 Å². The van der Waals surface area contributed by atoms with Gasteiger partial charge in [0.25, 0.3) is 0 Å². The summed E-state index contributed by atoms with van der Waals surface area (Å²) in [5, 5.41) is 104. The highest BCUT2D eigenvalue weighted by atomic mass is 16.7. The Balaban J connectivity index is 1.27. The van der Waals surface area contributed by atoms with Gasteiger partial charge in [0.2, 0.25) is 17.7 Å². The van der Waals surface area contributed by atoms with Gasteiger partial charge in [-0.3, -0.25) is 43.2 Å². The fourth-order valence-corrected chi connectivity index (χ4v) is 15.4. The molecular formula is C87H154N6O32. The predicted octanol–water partition coefficient (Wildman–Crippen LogP) is 2.97. The number of Topliss-reactive ketones (excluding diaryl/α,β-unsaturated/α-hetero) is 2. The van der Waals surface area contributed by atoms with Gasteiger partial charge in [-0.25, -0.2) is 4.79 Å². The number of esters is 2. The van der Waals surface area contributed by atoms with Gasteiger partial charge in [-0.15, -0.1) is 0 Å². The number of unbranched alkanes of at least 4 members (excludes halogenated alkanes) is 13. The van der Waals surface area contributed by atoms with Gasteiger partial charge in [0.05, 0.1) is 116 Å². The van der Waals surface area contributed by atoms with Crippen LogP contribution in [-0.2, 0) is 105 Å². The molecule has 4 fully saturated rings. The highest BCUT2D eigenvalue weighted by Gasteiger charge is 2.46. The largest absolute Gasteiger partial charge is 0.466 e. The summed E-state index contributed by atoms with van der Waals surface area (Å²) in [7, 11) is 3.22. The maximum absolute atomic E-state index is 14.0. The molecule has 0 bridgehead atoms. The third kappa shape index (κ3) is 46.0. The van der Waals surface area contributed by atoms with Gasteiger partial charge in [-0.1, -0.05) is 78.6 Å². The van der Waals surface area contributed by atoms with Crippen LogP contribution in [0.5, 0.6) is 0 Å². The minimum absolute atomic E-state index is 0.00501. The number of carbonyl (C=O) groups is 10. The van der Waals surface area contributed by atoms with E-state index < -0.39 is 147 Å². The van der Waals surface area contributed by atoms with Crippen LogP contribution in [0.15, 0.2) is 0 Å². The van der Waals surface area contributed by atoms with Crippen molar-refractivity contribution in [3.63, 3.8) is 0 Å². The number of carbonyl (C=O) groups excluding carboxylic acids is 10. The third-order valence-electron chi connectivity index (χ3n) is 23.2. The number of aliphatic hydroxyl groups is 9. The van der Waals surface area contributed by atoms with Crippen LogP contribution < -0.4 is 26.6 Å². The zero-order chi connectivity index (χ0) is 91.6.